The van der Waals surface area contributed by atoms with Gasteiger partial charge in [-0.25, -0.2) is 0 Å². The van der Waals surface area contributed by atoms with Crippen LogP contribution in [0.5, 0.6) is 0 Å². The summed E-state index contributed by atoms with van der Waals surface area (Å²) in [5.74, 6) is 0.765. The van der Waals surface area contributed by atoms with E-state index >= 15 is 0 Å². The monoisotopic (exact) mass is 240 g/mol. The van der Waals surface area contributed by atoms with Gasteiger partial charge in [0, 0.05) is 18.6 Å². The lowest BCUT2D eigenvalue weighted by Gasteiger charge is -2.38. The van der Waals surface area contributed by atoms with Crippen molar-refractivity contribution >= 4 is 0 Å². The van der Waals surface area contributed by atoms with Crippen molar-refractivity contribution in [2.24, 2.45) is 11.3 Å². The Bertz CT molecular complexity index is 223. The Kier molecular flexibility index (Phi) is 5.46. The average molecular weight is 240 g/mol. The molecule has 0 amide bonds. The third-order valence-corrected chi connectivity index (χ3v) is 4.21. The van der Waals surface area contributed by atoms with Crippen molar-refractivity contribution in [3.8, 4) is 0 Å². The molecule has 102 valence electrons. The molecule has 1 fully saturated rings. The molecular formula is C15H32N2. The van der Waals surface area contributed by atoms with E-state index in [4.69, 9.17) is 0 Å². The SMILES string of the molecule is CCNC1C(N(CC)CC(C)C)CCC1(C)C. The van der Waals surface area contributed by atoms with Crippen LogP contribution in [0.1, 0.15) is 54.4 Å². The second kappa shape index (κ2) is 6.19. The maximum atomic E-state index is 3.73. The van der Waals surface area contributed by atoms with Crippen LogP contribution < -0.4 is 5.32 Å². The van der Waals surface area contributed by atoms with Crippen LogP contribution in [-0.4, -0.2) is 36.6 Å². The molecular weight excluding hydrogens is 208 g/mol. The van der Waals surface area contributed by atoms with Crippen LogP contribution in [-0.2, 0) is 0 Å². The van der Waals surface area contributed by atoms with Gasteiger partial charge in [0.05, 0.1) is 0 Å². The van der Waals surface area contributed by atoms with Gasteiger partial charge in [-0.15, -0.1) is 0 Å². The van der Waals surface area contributed by atoms with Crippen molar-refractivity contribution in [3.63, 3.8) is 0 Å². The van der Waals surface area contributed by atoms with Gasteiger partial charge in [0.1, 0.15) is 0 Å². The van der Waals surface area contributed by atoms with E-state index in [0.717, 1.165) is 18.5 Å². The van der Waals surface area contributed by atoms with Gasteiger partial charge >= 0.3 is 0 Å². The molecule has 0 aliphatic heterocycles. The van der Waals surface area contributed by atoms with Crippen molar-refractivity contribution in [3.05, 3.63) is 0 Å². The number of nitrogens with zero attached hydrogens (tertiary/aromatic N) is 1. The van der Waals surface area contributed by atoms with Gasteiger partial charge < -0.3 is 5.32 Å². The number of rotatable bonds is 6. The molecule has 1 aliphatic carbocycles. The largest absolute Gasteiger partial charge is 0.312 e. The third kappa shape index (κ3) is 3.69. The highest BCUT2D eigenvalue weighted by molar-refractivity contribution is 5.00. The van der Waals surface area contributed by atoms with E-state index in [1.54, 1.807) is 0 Å². The molecule has 1 N–H and O–H groups in total. The maximum Gasteiger partial charge on any atom is 0.0274 e. The zero-order valence-electron chi connectivity index (χ0n) is 12.7. The van der Waals surface area contributed by atoms with Gasteiger partial charge in [-0.2, -0.15) is 0 Å². The first-order chi connectivity index (χ1) is 7.92. The van der Waals surface area contributed by atoms with Gasteiger partial charge in [-0.05, 0) is 37.3 Å². The molecule has 0 radical (unpaired) electrons. The van der Waals surface area contributed by atoms with Crippen molar-refractivity contribution in [2.45, 2.75) is 66.5 Å². The standard InChI is InChI=1S/C15H32N2/c1-7-16-14-13(9-10-15(14,5)6)17(8-2)11-12(3)4/h12-14,16H,7-11H2,1-6H3. The highest BCUT2D eigenvalue weighted by Gasteiger charge is 2.43. The van der Waals surface area contributed by atoms with E-state index in [1.807, 2.05) is 0 Å². The second-order valence-electron chi connectivity index (χ2n) is 6.61. The van der Waals surface area contributed by atoms with Gasteiger partial charge in [0.25, 0.3) is 0 Å². The lowest BCUT2D eigenvalue weighted by atomic mass is 9.86. The minimum atomic E-state index is 0.449. The van der Waals surface area contributed by atoms with Crippen molar-refractivity contribution in [1.29, 1.82) is 0 Å². The summed E-state index contributed by atoms with van der Waals surface area (Å²) in [6, 6.07) is 1.39. The van der Waals surface area contributed by atoms with Crippen molar-refractivity contribution < 1.29 is 0 Å². The first kappa shape index (κ1) is 15.0. The fourth-order valence-corrected chi connectivity index (χ4v) is 3.36. The summed E-state index contributed by atoms with van der Waals surface area (Å²) in [5, 5.41) is 3.73. The zero-order chi connectivity index (χ0) is 13.1. The van der Waals surface area contributed by atoms with E-state index in [-0.39, 0.29) is 0 Å². The zero-order valence-corrected chi connectivity index (χ0v) is 12.7. The van der Waals surface area contributed by atoms with Crippen LogP contribution in [0, 0.1) is 11.3 Å². The van der Waals surface area contributed by atoms with Crippen LogP contribution in [0.25, 0.3) is 0 Å². The normalized spacial score (nSPS) is 28.2. The average Bonchev–Trinajstić information content (AvgIpc) is 2.52. The fourth-order valence-electron chi connectivity index (χ4n) is 3.36. The van der Waals surface area contributed by atoms with Gasteiger partial charge in [0.2, 0.25) is 0 Å². The van der Waals surface area contributed by atoms with Crippen LogP contribution in [0.4, 0.5) is 0 Å². The quantitative estimate of drug-likeness (QED) is 0.767. The molecule has 2 heteroatoms. The smallest absolute Gasteiger partial charge is 0.0274 e. The molecule has 2 unspecified atom stereocenters. The Morgan fingerprint density at radius 2 is 1.94 bits per heavy atom. The number of nitrogens with one attached hydrogen (secondary N) is 1. The molecule has 0 heterocycles. The van der Waals surface area contributed by atoms with E-state index < -0.39 is 0 Å². The molecule has 0 aromatic rings. The molecule has 2 atom stereocenters. The second-order valence-corrected chi connectivity index (χ2v) is 6.61. The number of likely N-dealkylation sites (N-methyl/N-ethyl adjacent to an activating group) is 2. The molecule has 0 aromatic heterocycles. The minimum Gasteiger partial charge on any atom is -0.312 e. The van der Waals surface area contributed by atoms with E-state index in [2.05, 4.69) is 51.8 Å². The number of hydrogen-bond acceptors (Lipinski definition) is 2. The summed E-state index contributed by atoms with van der Waals surface area (Å²) >= 11 is 0. The van der Waals surface area contributed by atoms with Gasteiger partial charge in [0.15, 0.2) is 0 Å². The van der Waals surface area contributed by atoms with Crippen molar-refractivity contribution in [1.82, 2.24) is 10.2 Å². The lowest BCUT2D eigenvalue weighted by molar-refractivity contribution is 0.137. The van der Waals surface area contributed by atoms with Crippen LogP contribution in [0.2, 0.25) is 0 Å². The number of hydrogen-bond donors (Lipinski definition) is 1. The predicted molar refractivity (Wildman–Crippen MR) is 76.4 cm³/mol. The topological polar surface area (TPSA) is 15.3 Å². The van der Waals surface area contributed by atoms with Crippen LogP contribution >= 0.6 is 0 Å². The molecule has 1 aliphatic rings. The molecule has 17 heavy (non-hydrogen) atoms. The third-order valence-electron chi connectivity index (χ3n) is 4.21. The minimum absolute atomic E-state index is 0.449. The van der Waals surface area contributed by atoms with Gasteiger partial charge in [-0.1, -0.05) is 41.5 Å². The Hall–Kier alpha value is -0.0800. The Morgan fingerprint density at radius 1 is 1.29 bits per heavy atom. The van der Waals surface area contributed by atoms with E-state index in [1.165, 1.54) is 25.9 Å². The van der Waals surface area contributed by atoms with E-state index in [9.17, 15) is 0 Å². The summed E-state index contributed by atoms with van der Waals surface area (Å²) in [7, 11) is 0. The Morgan fingerprint density at radius 3 is 2.41 bits per heavy atom. The fraction of sp³-hybridized carbons (Fsp3) is 1.00. The van der Waals surface area contributed by atoms with Crippen LogP contribution in [0.3, 0.4) is 0 Å². The van der Waals surface area contributed by atoms with Gasteiger partial charge in [-0.3, -0.25) is 4.90 Å². The molecule has 1 saturated carbocycles. The molecule has 0 spiro atoms. The molecule has 0 bridgehead atoms. The van der Waals surface area contributed by atoms with Crippen molar-refractivity contribution in [2.75, 3.05) is 19.6 Å². The summed E-state index contributed by atoms with van der Waals surface area (Å²) < 4.78 is 0. The predicted octanol–water partition coefficient (Wildman–Crippen LogP) is 3.13. The first-order valence-electron chi connectivity index (χ1n) is 7.39. The molecule has 0 aromatic carbocycles. The maximum absolute atomic E-state index is 3.73. The first-order valence-corrected chi connectivity index (χ1v) is 7.39. The van der Waals surface area contributed by atoms with E-state index in [0.29, 0.717) is 11.5 Å². The Labute approximate surface area is 108 Å². The molecule has 2 nitrogen and oxygen atoms in total. The highest BCUT2D eigenvalue weighted by atomic mass is 15.2. The molecule has 0 saturated heterocycles. The highest BCUT2D eigenvalue weighted by Crippen LogP contribution is 2.40. The molecule has 1 rings (SSSR count). The lowest BCUT2D eigenvalue weighted by Crippen LogP contribution is -2.52. The summed E-state index contributed by atoms with van der Waals surface area (Å²) in [4.78, 5) is 2.69. The van der Waals surface area contributed by atoms with Crippen LogP contribution in [0.15, 0.2) is 0 Å². The Balaban J connectivity index is 2.73. The summed E-state index contributed by atoms with van der Waals surface area (Å²) in [6.07, 6.45) is 2.70. The summed E-state index contributed by atoms with van der Waals surface area (Å²) in [6.45, 7) is 17.5. The summed E-state index contributed by atoms with van der Waals surface area (Å²) in [5.41, 5.74) is 0.449.